The number of rotatable bonds is 3. The molecule has 1 aliphatic heterocycles. The molecule has 0 radical (unpaired) electrons. The van der Waals surface area contributed by atoms with Crippen molar-refractivity contribution in [2.75, 3.05) is 13.1 Å². The number of nitrogens with zero attached hydrogens (tertiary/aromatic N) is 3. The van der Waals surface area contributed by atoms with Gasteiger partial charge in [0.2, 0.25) is 5.91 Å². The normalized spacial score (nSPS) is 18.0. The van der Waals surface area contributed by atoms with Crippen molar-refractivity contribution in [1.29, 1.82) is 0 Å². The monoisotopic (exact) mass is 301 g/mol. The maximum absolute atomic E-state index is 13.0. The van der Waals surface area contributed by atoms with Crippen LogP contribution < -0.4 is 0 Å². The highest BCUT2D eigenvalue weighted by Gasteiger charge is 2.27. The number of halogens is 1. The Balaban J connectivity index is 1.63. The molecule has 0 aliphatic carbocycles. The number of aryl methyl sites for hydroxylation is 2. The molecule has 1 aliphatic rings. The summed E-state index contributed by atoms with van der Waals surface area (Å²) in [6.45, 7) is 5.62. The molecule has 3 rings (SSSR count). The van der Waals surface area contributed by atoms with E-state index in [1.165, 1.54) is 12.1 Å². The van der Waals surface area contributed by atoms with Gasteiger partial charge in [0.15, 0.2) is 0 Å². The molecule has 0 spiro atoms. The van der Waals surface area contributed by atoms with Gasteiger partial charge >= 0.3 is 0 Å². The summed E-state index contributed by atoms with van der Waals surface area (Å²) in [6, 6.07) is 8.56. The number of hydrogen-bond donors (Lipinski definition) is 0. The molecule has 2 aromatic rings. The van der Waals surface area contributed by atoms with Gasteiger partial charge in [0, 0.05) is 24.7 Å². The Hall–Kier alpha value is -2.17. The van der Waals surface area contributed by atoms with Crippen LogP contribution >= 0.6 is 0 Å². The van der Waals surface area contributed by atoms with Crippen LogP contribution in [0.25, 0.3) is 0 Å². The highest BCUT2D eigenvalue weighted by atomic mass is 19.1. The SMILES string of the molecule is Cc1cc(C)n(CC(=O)N2CC[C@@H](c3ccc(F)cc3)C2)n1. The summed E-state index contributed by atoms with van der Waals surface area (Å²) in [5, 5.41) is 4.34. The summed E-state index contributed by atoms with van der Waals surface area (Å²) in [7, 11) is 0. The van der Waals surface area contributed by atoms with E-state index in [0.717, 1.165) is 29.9 Å². The number of carbonyl (C=O) groups excluding carboxylic acids is 1. The van der Waals surface area contributed by atoms with Gasteiger partial charge in [-0.15, -0.1) is 0 Å². The minimum Gasteiger partial charge on any atom is -0.340 e. The first-order valence-corrected chi connectivity index (χ1v) is 7.57. The van der Waals surface area contributed by atoms with Gasteiger partial charge in [-0.25, -0.2) is 4.39 Å². The first kappa shape index (κ1) is 14.8. The fraction of sp³-hybridized carbons (Fsp3) is 0.412. The maximum atomic E-state index is 13.0. The van der Waals surface area contributed by atoms with Crippen LogP contribution in [-0.4, -0.2) is 33.7 Å². The third kappa shape index (κ3) is 3.03. The van der Waals surface area contributed by atoms with Gasteiger partial charge in [-0.3, -0.25) is 9.48 Å². The molecule has 1 fully saturated rings. The van der Waals surface area contributed by atoms with Crippen molar-refractivity contribution in [2.24, 2.45) is 0 Å². The average molecular weight is 301 g/mol. The van der Waals surface area contributed by atoms with E-state index in [9.17, 15) is 9.18 Å². The highest BCUT2D eigenvalue weighted by Crippen LogP contribution is 2.27. The molecule has 0 saturated carbocycles. The molecule has 1 aromatic heterocycles. The number of carbonyl (C=O) groups is 1. The lowest BCUT2D eigenvalue weighted by molar-refractivity contribution is -0.131. The van der Waals surface area contributed by atoms with E-state index in [1.54, 1.807) is 4.68 Å². The Bertz CT molecular complexity index is 678. The summed E-state index contributed by atoms with van der Waals surface area (Å²) in [6.07, 6.45) is 0.925. The number of benzene rings is 1. The predicted molar refractivity (Wildman–Crippen MR) is 82.0 cm³/mol. The lowest BCUT2D eigenvalue weighted by Gasteiger charge is -2.17. The molecule has 5 heteroatoms. The Morgan fingerprint density at radius 3 is 2.68 bits per heavy atom. The van der Waals surface area contributed by atoms with Crippen molar-refractivity contribution in [3.05, 3.63) is 53.1 Å². The number of likely N-dealkylation sites (tertiary alicyclic amines) is 1. The summed E-state index contributed by atoms with van der Waals surface area (Å²) >= 11 is 0. The Labute approximate surface area is 129 Å². The van der Waals surface area contributed by atoms with Gasteiger partial charge in [-0.05, 0) is 44.0 Å². The van der Waals surface area contributed by atoms with E-state index in [1.807, 2.05) is 36.9 Å². The van der Waals surface area contributed by atoms with Crippen molar-refractivity contribution in [3.63, 3.8) is 0 Å². The second kappa shape index (κ2) is 5.91. The Morgan fingerprint density at radius 1 is 1.32 bits per heavy atom. The van der Waals surface area contributed by atoms with Crippen molar-refractivity contribution in [2.45, 2.75) is 32.7 Å². The van der Waals surface area contributed by atoms with Crippen LogP contribution in [0.4, 0.5) is 4.39 Å². The van der Waals surface area contributed by atoms with Gasteiger partial charge in [-0.1, -0.05) is 12.1 Å². The fourth-order valence-corrected chi connectivity index (χ4v) is 3.06. The zero-order valence-electron chi connectivity index (χ0n) is 12.9. The second-order valence-electron chi connectivity index (χ2n) is 5.96. The molecule has 1 saturated heterocycles. The van der Waals surface area contributed by atoms with Crippen molar-refractivity contribution in [1.82, 2.24) is 14.7 Å². The third-order valence-corrected chi connectivity index (χ3v) is 4.27. The van der Waals surface area contributed by atoms with Crippen LogP contribution in [-0.2, 0) is 11.3 Å². The lowest BCUT2D eigenvalue weighted by Crippen LogP contribution is -2.32. The van der Waals surface area contributed by atoms with E-state index >= 15 is 0 Å². The predicted octanol–water partition coefficient (Wildman–Crippen LogP) is 2.66. The first-order chi connectivity index (χ1) is 10.5. The number of hydrogen-bond acceptors (Lipinski definition) is 2. The van der Waals surface area contributed by atoms with Crippen LogP contribution in [0.5, 0.6) is 0 Å². The fourth-order valence-electron chi connectivity index (χ4n) is 3.06. The average Bonchev–Trinajstić information content (AvgIpc) is 3.07. The first-order valence-electron chi connectivity index (χ1n) is 7.57. The van der Waals surface area contributed by atoms with E-state index in [0.29, 0.717) is 12.5 Å². The topological polar surface area (TPSA) is 38.1 Å². The summed E-state index contributed by atoms with van der Waals surface area (Å²) in [5.74, 6) is 0.167. The molecule has 2 heterocycles. The molecular formula is C17H20FN3O. The van der Waals surface area contributed by atoms with Crippen LogP contribution in [0.1, 0.15) is 29.3 Å². The molecular weight excluding hydrogens is 281 g/mol. The summed E-state index contributed by atoms with van der Waals surface area (Å²) in [5.41, 5.74) is 3.03. The maximum Gasteiger partial charge on any atom is 0.244 e. The second-order valence-corrected chi connectivity index (χ2v) is 5.96. The Kier molecular flexibility index (Phi) is 3.96. The standard InChI is InChI=1S/C17H20FN3O/c1-12-9-13(2)21(19-12)11-17(22)20-8-7-15(10-20)14-3-5-16(18)6-4-14/h3-6,9,15H,7-8,10-11H2,1-2H3/t15-/m1/s1. The third-order valence-electron chi connectivity index (χ3n) is 4.27. The minimum atomic E-state index is -0.223. The van der Waals surface area contributed by atoms with Crippen LogP contribution in [0.3, 0.4) is 0 Å². The lowest BCUT2D eigenvalue weighted by atomic mass is 9.99. The molecule has 1 aromatic carbocycles. The molecule has 0 bridgehead atoms. The van der Waals surface area contributed by atoms with Crippen molar-refractivity contribution >= 4 is 5.91 Å². The zero-order valence-corrected chi connectivity index (χ0v) is 12.9. The minimum absolute atomic E-state index is 0.0933. The van der Waals surface area contributed by atoms with E-state index < -0.39 is 0 Å². The zero-order chi connectivity index (χ0) is 15.7. The Morgan fingerprint density at radius 2 is 2.05 bits per heavy atom. The van der Waals surface area contributed by atoms with Gasteiger partial charge < -0.3 is 4.90 Å². The number of aromatic nitrogens is 2. The van der Waals surface area contributed by atoms with Gasteiger partial charge in [0.05, 0.1) is 5.69 Å². The molecule has 0 unspecified atom stereocenters. The quantitative estimate of drug-likeness (QED) is 0.874. The van der Waals surface area contributed by atoms with Crippen LogP contribution in [0.15, 0.2) is 30.3 Å². The summed E-state index contributed by atoms with van der Waals surface area (Å²) in [4.78, 5) is 14.3. The molecule has 22 heavy (non-hydrogen) atoms. The van der Waals surface area contributed by atoms with Crippen LogP contribution in [0.2, 0.25) is 0 Å². The van der Waals surface area contributed by atoms with Gasteiger partial charge in [0.25, 0.3) is 0 Å². The molecule has 0 N–H and O–H groups in total. The van der Waals surface area contributed by atoms with E-state index in [-0.39, 0.29) is 18.3 Å². The molecule has 4 nitrogen and oxygen atoms in total. The van der Waals surface area contributed by atoms with E-state index in [2.05, 4.69) is 5.10 Å². The summed E-state index contributed by atoms with van der Waals surface area (Å²) < 4.78 is 14.7. The van der Waals surface area contributed by atoms with Crippen LogP contribution in [0, 0.1) is 19.7 Å². The van der Waals surface area contributed by atoms with Crippen molar-refractivity contribution in [3.8, 4) is 0 Å². The van der Waals surface area contributed by atoms with Crippen molar-refractivity contribution < 1.29 is 9.18 Å². The van der Waals surface area contributed by atoms with Gasteiger partial charge in [-0.2, -0.15) is 5.10 Å². The smallest absolute Gasteiger partial charge is 0.244 e. The number of amides is 1. The largest absolute Gasteiger partial charge is 0.340 e. The van der Waals surface area contributed by atoms with E-state index in [4.69, 9.17) is 0 Å². The molecule has 116 valence electrons. The molecule has 1 atom stereocenters. The van der Waals surface area contributed by atoms with Gasteiger partial charge in [0.1, 0.15) is 12.4 Å². The molecule has 1 amide bonds. The highest BCUT2D eigenvalue weighted by molar-refractivity contribution is 5.76.